The number of carbonyl (C=O) groups excluding carboxylic acids is 1. The molecule has 3 unspecified atom stereocenters. The lowest BCUT2D eigenvalue weighted by molar-refractivity contribution is -0.124. The van der Waals surface area contributed by atoms with Crippen LogP contribution in [-0.2, 0) is 11.3 Å². The Morgan fingerprint density at radius 2 is 2.00 bits per heavy atom. The standard InChI is InChI=1S/C14H17NO2/c16-12-6-11-7-14(17)13(8-12)15(11)9-10-4-2-1-3-5-10/h1-5,11,13-14,17H,6-9H2. The van der Waals surface area contributed by atoms with E-state index in [-0.39, 0.29) is 18.2 Å². The van der Waals surface area contributed by atoms with Gasteiger partial charge in [-0.25, -0.2) is 0 Å². The highest BCUT2D eigenvalue weighted by Gasteiger charge is 2.45. The van der Waals surface area contributed by atoms with Crippen molar-refractivity contribution in [3.63, 3.8) is 0 Å². The van der Waals surface area contributed by atoms with Crippen LogP contribution in [0.15, 0.2) is 30.3 Å². The Morgan fingerprint density at radius 3 is 2.71 bits per heavy atom. The highest BCUT2D eigenvalue weighted by molar-refractivity contribution is 5.81. The Balaban J connectivity index is 1.78. The zero-order valence-electron chi connectivity index (χ0n) is 9.75. The van der Waals surface area contributed by atoms with E-state index in [4.69, 9.17) is 0 Å². The predicted molar refractivity (Wildman–Crippen MR) is 64.4 cm³/mol. The third kappa shape index (κ3) is 2.01. The SMILES string of the molecule is O=C1CC2CC(O)C(C1)N2Cc1ccccc1. The average Bonchev–Trinajstić information content (AvgIpc) is 2.51. The summed E-state index contributed by atoms with van der Waals surface area (Å²) in [5.41, 5.74) is 1.26. The fourth-order valence-corrected chi connectivity index (χ4v) is 3.14. The van der Waals surface area contributed by atoms with Crippen molar-refractivity contribution in [3.05, 3.63) is 35.9 Å². The fraction of sp³-hybridized carbons (Fsp3) is 0.500. The smallest absolute Gasteiger partial charge is 0.136 e. The number of rotatable bonds is 2. The number of ketones is 1. The van der Waals surface area contributed by atoms with Crippen molar-refractivity contribution >= 4 is 5.78 Å². The van der Waals surface area contributed by atoms with E-state index in [9.17, 15) is 9.90 Å². The molecule has 2 fully saturated rings. The second kappa shape index (κ2) is 4.24. The van der Waals surface area contributed by atoms with E-state index in [1.165, 1.54) is 5.56 Å². The minimum absolute atomic E-state index is 0.0430. The molecule has 0 aliphatic carbocycles. The number of hydrogen-bond donors (Lipinski definition) is 1. The maximum atomic E-state index is 11.5. The molecule has 1 aromatic carbocycles. The minimum atomic E-state index is -0.324. The second-order valence-corrected chi connectivity index (χ2v) is 5.13. The summed E-state index contributed by atoms with van der Waals surface area (Å²) in [4.78, 5) is 13.8. The Bertz CT molecular complexity index is 417. The Kier molecular flexibility index (Phi) is 2.73. The van der Waals surface area contributed by atoms with Crippen LogP contribution in [0.1, 0.15) is 24.8 Å². The summed E-state index contributed by atoms with van der Waals surface area (Å²) < 4.78 is 0. The molecule has 0 aromatic heterocycles. The van der Waals surface area contributed by atoms with E-state index in [2.05, 4.69) is 17.0 Å². The normalized spacial score (nSPS) is 33.0. The second-order valence-electron chi connectivity index (χ2n) is 5.13. The summed E-state index contributed by atoms with van der Waals surface area (Å²) in [6.07, 6.45) is 1.56. The Morgan fingerprint density at radius 1 is 1.24 bits per heavy atom. The lowest BCUT2D eigenvalue weighted by atomic mass is 10.0. The summed E-state index contributed by atoms with van der Waals surface area (Å²) in [5.74, 6) is 0.306. The van der Waals surface area contributed by atoms with Gasteiger partial charge in [0, 0.05) is 31.5 Å². The molecule has 3 heteroatoms. The van der Waals surface area contributed by atoms with E-state index in [1.807, 2.05) is 18.2 Å². The van der Waals surface area contributed by atoms with Gasteiger partial charge in [0.2, 0.25) is 0 Å². The zero-order chi connectivity index (χ0) is 11.8. The van der Waals surface area contributed by atoms with Gasteiger partial charge in [0.05, 0.1) is 6.10 Å². The fourth-order valence-electron chi connectivity index (χ4n) is 3.14. The minimum Gasteiger partial charge on any atom is -0.391 e. The first kappa shape index (κ1) is 10.9. The van der Waals surface area contributed by atoms with E-state index < -0.39 is 0 Å². The summed E-state index contributed by atoms with van der Waals surface area (Å²) in [7, 11) is 0. The molecule has 0 amide bonds. The largest absolute Gasteiger partial charge is 0.391 e. The van der Waals surface area contributed by atoms with Crippen molar-refractivity contribution in [2.75, 3.05) is 0 Å². The average molecular weight is 231 g/mol. The van der Waals surface area contributed by atoms with E-state index in [0.29, 0.717) is 18.6 Å². The molecule has 0 radical (unpaired) electrons. The Hall–Kier alpha value is -1.19. The molecular formula is C14H17NO2. The van der Waals surface area contributed by atoms with Crippen LogP contribution in [0, 0.1) is 0 Å². The van der Waals surface area contributed by atoms with Gasteiger partial charge in [-0.05, 0) is 12.0 Å². The first-order valence-electron chi connectivity index (χ1n) is 6.23. The maximum absolute atomic E-state index is 11.5. The molecule has 2 aliphatic heterocycles. The van der Waals surface area contributed by atoms with Gasteiger partial charge in [0.15, 0.2) is 0 Å². The highest BCUT2D eigenvalue weighted by atomic mass is 16.3. The monoisotopic (exact) mass is 231 g/mol. The van der Waals surface area contributed by atoms with Crippen molar-refractivity contribution < 1.29 is 9.90 Å². The van der Waals surface area contributed by atoms with Gasteiger partial charge in [0.1, 0.15) is 5.78 Å². The van der Waals surface area contributed by atoms with Gasteiger partial charge in [-0.1, -0.05) is 30.3 Å². The van der Waals surface area contributed by atoms with E-state index in [0.717, 1.165) is 13.0 Å². The van der Waals surface area contributed by atoms with Crippen LogP contribution in [0.2, 0.25) is 0 Å². The summed E-state index contributed by atoms with van der Waals surface area (Å²) in [6.45, 7) is 0.848. The third-order valence-corrected chi connectivity index (χ3v) is 3.96. The molecular weight excluding hydrogens is 214 g/mol. The van der Waals surface area contributed by atoms with Crippen LogP contribution in [-0.4, -0.2) is 34.0 Å². The highest BCUT2D eigenvalue weighted by Crippen LogP contribution is 2.35. The number of fused-ring (bicyclic) bond motifs is 2. The molecule has 0 spiro atoms. The van der Waals surface area contributed by atoms with Crippen molar-refractivity contribution in [2.45, 2.75) is 44.0 Å². The molecule has 2 bridgehead atoms. The van der Waals surface area contributed by atoms with Crippen LogP contribution in [0.25, 0.3) is 0 Å². The number of carbonyl (C=O) groups is 1. The molecule has 0 saturated carbocycles. The maximum Gasteiger partial charge on any atom is 0.136 e. The zero-order valence-corrected chi connectivity index (χ0v) is 9.75. The molecule has 90 valence electrons. The van der Waals surface area contributed by atoms with Gasteiger partial charge in [-0.3, -0.25) is 9.69 Å². The number of Topliss-reactive ketones (excluding diaryl/α,β-unsaturated/α-hetero) is 1. The van der Waals surface area contributed by atoms with Crippen LogP contribution in [0.5, 0.6) is 0 Å². The number of aliphatic hydroxyl groups is 1. The molecule has 1 N–H and O–H groups in total. The topological polar surface area (TPSA) is 40.5 Å². The number of aliphatic hydroxyl groups excluding tert-OH is 1. The molecule has 3 atom stereocenters. The van der Waals surface area contributed by atoms with Gasteiger partial charge in [0.25, 0.3) is 0 Å². The first-order chi connectivity index (χ1) is 8.24. The molecule has 2 saturated heterocycles. The molecule has 3 nitrogen and oxygen atoms in total. The summed E-state index contributed by atoms with van der Waals surface area (Å²) in [5, 5.41) is 9.97. The molecule has 1 aromatic rings. The molecule has 2 aliphatic rings. The first-order valence-corrected chi connectivity index (χ1v) is 6.23. The van der Waals surface area contributed by atoms with Crippen molar-refractivity contribution in [1.29, 1.82) is 0 Å². The molecule has 3 rings (SSSR count). The van der Waals surface area contributed by atoms with Crippen molar-refractivity contribution in [1.82, 2.24) is 4.90 Å². The van der Waals surface area contributed by atoms with Gasteiger partial charge >= 0.3 is 0 Å². The number of piperidine rings is 1. The van der Waals surface area contributed by atoms with E-state index in [1.54, 1.807) is 0 Å². The molecule has 17 heavy (non-hydrogen) atoms. The number of hydrogen-bond acceptors (Lipinski definition) is 3. The van der Waals surface area contributed by atoms with Crippen LogP contribution in [0.3, 0.4) is 0 Å². The van der Waals surface area contributed by atoms with Gasteiger partial charge < -0.3 is 5.11 Å². The van der Waals surface area contributed by atoms with Crippen molar-refractivity contribution in [2.24, 2.45) is 0 Å². The number of benzene rings is 1. The summed E-state index contributed by atoms with van der Waals surface area (Å²) >= 11 is 0. The lowest BCUT2D eigenvalue weighted by Crippen LogP contribution is -2.44. The van der Waals surface area contributed by atoms with Crippen LogP contribution >= 0.6 is 0 Å². The number of nitrogens with zero attached hydrogens (tertiary/aromatic N) is 1. The van der Waals surface area contributed by atoms with Crippen LogP contribution in [0.4, 0.5) is 0 Å². The van der Waals surface area contributed by atoms with Gasteiger partial charge in [-0.15, -0.1) is 0 Å². The van der Waals surface area contributed by atoms with Crippen molar-refractivity contribution in [3.8, 4) is 0 Å². The molecule has 2 heterocycles. The lowest BCUT2D eigenvalue weighted by Gasteiger charge is -2.34. The third-order valence-electron chi connectivity index (χ3n) is 3.96. The van der Waals surface area contributed by atoms with Gasteiger partial charge in [-0.2, -0.15) is 0 Å². The summed E-state index contributed by atoms with van der Waals surface area (Å²) in [6, 6.07) is 10.6. The quantitative estimate of drug-likeness (QED) is 0.835. The predicted octanol–water partition coefficient (Wildman–Crippen LogP) is 1.35. The Labute approximate surface area is 101 Å². The van der Waals surface area contributed by atoms with Crippen LogP contribution < -0.4 is 0 Å². The van der Waals surface area contributed by atoms with E-state index >= 15 is 0 Å².